The fraction of sp³-hybridized carbons (Fsp3) is 0. The van der Waals surface area contributed by atoms with Crippen molar-refractivity contribution in [1.82, 2.24) is 13.4 Å². The first-order valence-corrected chi connectivity index (χ1v) is 20.5. The first-order valence-electron chi connectivity index (χ1n) is 20.5. The largest absolute Gasteiger partial charge is 0.309 e. The van der Waals surface area contributed by atoms with Crippen LogP contribution in [-0.2, 0) is 0 Å². The molecule has 0 spiro atoms. The lowest BCUT2D eigenvalue weighted by molar-refractivity contribution is 1.18. The summed E-state index contributed by atoms with van der Waals surface area (Å²) in [4.78, 5) is 0. The fourth-order valence-electron chi connectivity index (χ4n) is 11.3. The van der Waals surface area contributed by atoms with Gasteiger partial charge < -0.3 is 13.4 Å². The molecule has 3 heteroatoms. The number of hydrogen-bond acceptors (Lipinski definition) is 0. The van der Waals surface area contributed by atoms with Gasteiger partial charge >= 0.3 is 0 Å². The molecule has 0 unspecified atom stereocenters. The predicted octanol–water partition coefficient (Wildman–Crippen LogP) is 15.1. The monoisotopic (exact) mass is 745 g/mol. The fourth-order valence-corrected chi connectivity index (χ4v) is 11.3. The Morgan fingerprint density at radius 1 is 0.271 bits per heavy atom. The van der Waals surface area contributed by atoms with Crippen molar-refractivity contribution in [3.05, 3.63) is 188 Å². The van der Waals surface area contributed by atoms with E-state index in [4.69, 9.17) is 0 Å². The average Bonchev–Trinajstić information content (AvgIpc) is 4.08. The molecule has 59 heavy (non-hydrogen) atoms. The first kappa shape index (κ1) is 30.3. The minimum absolute atomic E-state index is 1.17. The molecular weight excluding hydrogens is 715 g/mol. The van der Waals surface area contributed by atoms with Crippen molar-refractivity contribution >= 4 is 120 Å². The summed E-state index contributed by atoms with van der Waals surface area (Å²) in [7, 11) is 0. The molecule has 0 radical (unpaired) electrons. The molecule has 0 amide bonds. The standard InChI is InChI=1S/C56H31N3/c1-2-15-36(16-3-1)57-46-23-9-8-18-38(46)44-30-35(24-25-47(44)57)43-29-34-14-6-7-17-37(34)51-40-20-11-22-42-53-49(59(55(40)42)56(43)51)27-26-48-52(53)41-21-10-19-39-45-28-32-12-4-5-13-33(32)31-50(45)58(48)54(39)41/h1-31H. The third-order valence-corrected chi connectivity index (χ3v) is 13.6. The molecule has 3 nitrogen and oxygen atoms in total. The maximum atomic E-state index is 2.61. The molecule has 270 valence electrons. The minimum atomic E-state index is 1.17. The van der Waals surface area contributed by atoms with Gasteiger partial charge in [0.1, 0.15) is 0 Å². The van der Waals surface area contributed by atoms with Gasteiger partial charge in [0, 0.05) is 65.1 Å². The van der Waals surface area contributed by atoms with E-state index in [1.165, 1.54) is 136 Å². The minimum Gasteiger partial charge on any atom is -0.309 e. The molecule has 0 N–H and O–H groups in total. The molecule has 5 aromatic heterocycles. The van der Waals surface area contributed by atoms with E-state index < -0.39 is 0 Å². The predicted molar refractivity (Wildman–Crippen MR) is 251 cm³/mol. The van der Waals surface area contributed by atoms with Crippen LogP contribution in [-0.4, -0.2) is 13.4 Å². The lowest BCUT2D eigenvalue weighted by Crippen LogP contribution is -1.93. The summed E-state index contributed by atoms with van der Waals surface area (Å²) >= 11 is 0. The van der Waals surface area contributed by atoms with Gasteiger partial charge in [0.25, 0.3) is 0 Å². The van der Waals surface area contributed by atoms with Crippen LogP contribution in [0.1, 0.15) is 0 Å². The van der Waals surface area contributed by atoms with Gasteiger partial charge in [-0.1, -0.05) is 127 Å². The average molecular weight is 746 g/mol. The number of rotatable bonds is 2. The van der Waals surface area contributed by atoms with Gasteiger partial charge in [-0.25, -0.2) is 0 Å². The Labute approximate surface area is 336 Å². The molecule has 0 aliphatic carbocycles. The summed E-state index contributed by atoms with van der Waals surface area (Å²) in [5.41, 5.74) is 13.7. The van der Waals surface area contributed by atoms with Crippen LogP contribution in [0, 0.1) is 0 Å². The number of benzene rings is 10. The number of aromatic nitrogens is 3. The Balaban J connectivity index is 1.10. The Morgan fingerprint density at radius 2 is 0.831 bits per heavy atom. The number of nitrogens with zero attached hydrogens (tertiary/aromatic N) is 3. The number of para-hydroxylation sites is 4. The third kappa shape index (κ3) is 3.62. The molecule has 15 aromatic rings. The van der Waals surface area contributed by atoms with Gasteiger partial charge in [0.15, 0.2) is 0 Å². The molecule has 0 atom stereocenters. The molecule has 0 saturated carbocycles. The van der Waals surface area contributed by atoms with Crippen LogP contribution in [0.2, 0.25) is 0 Å². The highest BCUT2D eigenvalue weighted by atomic mass is 15.0. The summed E-state index contributed by atoms with van der Waals surface area (Å²) in [5.74, 6) is 0. The van der Waals surface area contributed by atoms with Crippen LogP contribution >= 0.6 is 0 Å². The molecule has 0 aliphatic heterocycles. The van der Waals surface area contributed by atoms with E-state index in [0.29, 0.717) is 0 Å². The summed E-state index contributed by atoms with van der Waals surface area (Å²) < 4.78 is 7.54. The second kappa shape index (κ2) is 10.5. The van der Waals surface area contributed by atoms with Crippen molar-refractivity contribution in [3.8, 4) is 16.8 Å². The molecule has 10 aromatic carbocycles. The zero-order chi connectivity index (χ0) is 38.1. The van der Waals surface area contributed by atoms with Crippen molar-refractivity contribution < 1.29 is 0 Å². The Morgan fingerprint density at radius 3 is 1.63 bits per heavy atom. The van der Waals surface area contributed by atoms with E-state index in [9.17, 15) is 0 Å². The second-order valence-electron chi connectivity index (χ2n) is 16.4. The molecule has 5 heterocycles. The van der Waals surface area contributed by atoms with Gasteiger partial charge in [-0.3, -0.25) is 0 Å². The maximum absolute atomic E-state index is 2.61. The zero-order valence-electron chi connectivity index (χ0n) is 31.7. The topological polar surface area (TPSA) is 13.8 Å². The van der Waals surface area contributed by atoms with Gasteiger partial charge in [0.05, 0.1) is 44.1 Å². The first-order chi connectivity index (χ1) is 29.3. The lowest BCUT2D eigenvalue weighted by atomic mass is 9.94. The van der Waals surface area contributed by atoms with E-state index in [2.05, 4.69) is 201 Å². The van der Waals surface area contributed by atoms with Gasteiger partial charge in [-0.15, -0.1) is 0 Å². The van der Waals surface area contributed by atoms with Crippen molar-refractivity contribution in [1.29, 1.82) is 0 Å². The normalized spacial score (nSPS) is 12.7. The van der Waals surface area contributed by atoms with E-state index in [1.54, 1.807) is 0 Å². The van der Waals surface area contributed by atoms with Gasteiger partial charge in [-0.2, -0.15) is 0 Å². The zero-order valence-corrected chi connectivity index (χ0v) is 31.7. The molecule has 15 rings (SSSR count). The quantitative estimate of drug-likeness (QED) is 0.167. The second-order valence-corrected chi connectivity index (χ2v) is 16.4. The smallest absolute Gasteiger partial charge is 0.0626 e. The highest BCUT2D eigenvalue weighted by Gasteiger charge is 2.26. The summed E-state index contributed by atoms with van der Waals surface area (Å²) in [6.45, 7) is 0. The van der Waals surface area contributed by atoms with Crippen molar-refractivity contribution in [2.24, 2.45) is 0 Å². The van der Waals surface area contributed by atoms with Crippen LogP contribution in [0.3, 0.4) is 0 Å². The van der Waals surface area contributed by atoms with E-state index in [-0.39, 0.29) is 0 Å². The maximum Gasteiger partial charge on any atom is 0.0626 e. The molecule has 0 aliphatic rings. The van der Waals surface area contributed by atoms with Gasteiger partial charge in [0.2, 0.25) is 0 Å². The van der Waals surface area contributed by atoms with Gasteiger partial charge in [-0.05, 0) is 87.8 Å². The van der Waals surface area contributed by atoms with Crippen LogP contribution in [0.4, 0.5) is 0 Å². The number of fused-ring (bicyclic) bond motifs is 19. The van der Waals surface area contributed by atoms with Crippen LogP contribution < -0.4 is 0 Å². The van der Waals surface area contributed by atoms with Crippen molar-refractivity contribution in [2.45, 2.75) is 0 Å². The SMILES string of the molecule is c1ccc(-n2c3ccccc3c3cc(-c4cc5ccccc5c5c6cccc7c8c9c%10cccc%11c%12cc%13ccccc%13cc%12n(c9ccc8n(c45)c76)c%11%10)ccc32)cc1. The Bertz CT molecular complexity index is 4290. The third-order valence-electron chi connectivity index (χ3n) is 13.6. The van der Waals surface area contributed by atoms with Crippen LogP contribution in [0.25, 0.3) is 136 Å². The Hall–Kier alpha value is -7.88. The summed E-state index contributed by atoms with van der Waals surface area (Å²) in [5, 5.41) is 18.1. The van der Waals surface area contributed by atoms with E-state index >= 15 is 0 Å². The van der Waals surface area contributed by atoms with Crippen LogP contribution in [0.5, 0.6) is 0 Å². The molecular formula is C56H31N3. The van der Waals surface area contributed by atoms with E-state index in [1.807, 2.05) is 0 Å². The highest BCUT2D eigenvalue weighted by Crippen LogP contribution is 2.50. The molecule has 0 fully saturated rings. The van der Waals surface area contributed by atoms with Crippen molar-refractivity contribution in [3.63, 3.8) is 0 Å². The Kier molecular flexibility index (Phi) is 5.41. The van der Waals surface area contributed by atoms with Crippen molar-refractivity contribution in [2.75, 3.05) is 0 Å². The van der Waals surface area contributed by atoms with E-state index in [0.717, 1.165) is 0 Å². The molecule has 0 bridgehead atoms. The number of hydrogen-bond donors (Lipinski definition) is 0. The lowest BCUT2D eigenvalue weighted by Gasteiger charge is -2.11. The molecule has 0 saturated heterocycles. The summed E-state index contributed by atoms with van der Waals surface area (Å²) in [6, 6.07) is 70.3. The summed E-state index contributed by atoms with van der Waals surface area (Å²) in [6.07, 6.45) is 0. The van der Waals surface area contributed by atoms with Crippen LogP contribution in [0.15, 0.2) is 188 Å². The highest BCUT2D eigenvalue weighted by molar-refractivity contribution is 6.38.